The van der Waals surface area contributed by atoms with Crippen molar-refractivity contribution < 1.29 is 9.53 Å². The first-order valence-electron chi connectivity index (χ1n) is 6.94. The number of aromatic nitrogens is 2. The number of hydrogen-bond acceptors (Lipinski definition) is 3. The van der Waals surface area contributed by atoms with E-state index in [0.29, 0.717) is 0 Å². The Morgan fingerprint density at radius 2 is 2.10 bits per heavy atom. The van der Waals surface area contributed by atoms with Crippen LogP contribution in [0.15, 0.2) is 30.3 Å². The van der Waals surface area contributed by atoms with Crippen molar-refractivity contribution >= 4 is 5.91 Å². The molecule has 2 rings (SSSR count). The molecule has 1 aromatic carbocycles. The van der Waals surface area contributed by atoms with Crippen LogP contribution in [0.4, 0.5) is 0 Å². The predicted octanol–water partition coefficient (Wildman–Crippen LogP) is 2.39. The van der Waals surface area contributed by atoms with Gasteiger partial charge >= 0.3 is 0 Å². The summed E-state index contributed by atoms with van der Waals surface area (Å²) in [5.41, 5.74) is 2.85. The van der Waals surface area contributed by atoms with Crippen LogP contribution in [0.1, 0.15) is 29.9 Å². The molecule has 1 amide bonds. The van der Waals surface area contributed by atoms with Crippen molar-refractivity contribution in [3.05, 3.63) is 47.3 Å². The first kappa shape index (κ1) is 15.1. The molecule has 0 saturated heterocycles. The van der Waals surface area contributed by atoms with Gasteiger partial charge in [-0.15, -0.1) is 0 Å². The monoisotopic (exact) mass is 287 g/mol. The second-order valence-corrected chi connectivity index (χ2v) is 5.12. The molecular formula is C16H21N3O2. The molecule has 21 heavy (non-hydrogen) atoms. The molecule has 0 aliphatic heterocycles. The lowest BCUT2D eigenvalue weighted by Gasteiger charge is -2.17. The second kappa shape index (κ2) is 6.43. The summed E-state index contributed by atoms with van der Waals surface area (Å²) < 4.78 is 7.03. The van der Waals surface area contributed by atoms with Gasteiger partial charge in [0.25, 0.3) is 0 Å². The van der Waals surface area contributed by atoms with Gasteiger partial charge < -0.3 is 10.1 Å². The zero-order valence-corrected chi connectivity index (χ0v) is 12.9. The predicted molar refractivity (Wildman–Crippen MR) is 81.3 cm³/mol. The maximum Gasteiger partial charge on any atom is 0.242 e. The molecular weight excluding hydrogens is 266 g/mol. The van der Waals surface area contributed by atoms with E-state index in [2.05, 4.69) is 10.4 Å². The van der Waals surface area contributed by atoms with Crippen LogP contribution in [0.25, 0.3) is 0 Å². The Kier molecular flexibility index (Phi) is 4.62. The number of aryl methyl sites for hydroxylation is 2. The number of nitrogens with one attached hydrogen (secondary N) is 1. The lowest BCUT2D eigenvalue weighted by molar-refractivity contribution is -0.122. The van der Waals surface area contributed by atoms with Gasteiger partial charge in [0, 0.05) is 11.3 Å². The van der Waals surface area contributed by atoms with Crippen molar-refractivity contribution in [2.24, 2.45) is 0 Å². The summed E-state index contributed by atoms with van der Waals surface area (Å²) in [6.07, 6.45) is 0. The Balaban J connectivity index is 2.04. The van der Waals surface area contributed by atoms with E-state index in [1.54, 1.807) is 11.8 Å². The summed E-state index contributed by atoms with van der Waals surface area (Å²) >= 11 is 0. The third-order valence-corrected chi connectivity index (χ3v) is 3.38. The lowest BCUT2D eigenvalue weighted by Crippen LogP contribution is -2.31. The Morgan fingerprint density at radius 1 is 1.38 bits per heavy atom. The van der Waals surface area contributed by atoms with E-state index in [-0.39, 0.29) is 18.5 Å². The van der Waals surface area contributed by atoms with E-state index in [0.717, 1.165) is 22.7 Å². The van der Waals surface area contributed by atoms with Gasteiger partial charge in [-0.2, -0.15) is 5.10 Å². The fourth-order valence-corrected chi connectivity index (χ4v) is 2.36. The molecule has 1 atom stereocenters. The second-order valence-electron chi connectivity index (χ2n) is 5.12. The van der Waals surface area contributed by atoms with Crippen LogP contribution in [0.5, 0.6) is 5.75 Å². The molecule has 0 aliphatic carbocycles. The van der Waals surface area contributed by atoms with Gasteiger partial charge in [-0.3, -0.25) is 9.48 Å². The SMILES string of the molecule is COc1ccccc1[C@@H](C)NC(=O)Cn1nc(C)cc1C. The Hall–Kier alpha value is -2.30. The van der Waals surface area contributed by atoms with E-state index in [4.69, 9.17) is 4.74 Å². The maximum absolute atomic E-state index is 12.1. The molecule has 1 N–H and O–H groups in total. The minimum Gasteiger partial charge on any atom is -0.496 e. The van der Waals surface area contributed by atoms with Crippen LogP contribution in [-0.2, 0) is 11.3 Å². The third-order valence-electron chi connectivity index (χ3n) is 3.38. The summed E-state index contributed by atoms with van der Waals surface area (Å²) in [5, 5.41) is 7.27. The summed E-state index contributed by atoms with van der Waals surface area (Å²) in [5.74, 6) is 0.705. The highest BCUT2D eigenvalue weighted by atomic mass is 16.5. The number of carbonyl (C=O) groups is 1. The maximum atomic E-state index is 12.1. The molecule has 1 aromatic heterocycles. The quantitative estimate of drug-likeness (QED) is 0.918. The number of hydrogen-bond donors (Lipinski definition) is 1. The number of ether oxygens (including phenoxy) is 1. The van der Waals surface area contributed by atoms with Gasteiger partial charge in [-0.05, 0) is 32.9 Å². The van der Waals surface area contributed by atoms with E-state index in [9.17, 15) is 4.79 Å². The molecule has 0 saturated carbocycles. The van der Waals surface area contributed by atoms with E-state index >= 15 is 0 Å². The van der Waals surface area contributed by atoms with Crippen molar-refractivity contribution in [3.63, 3.8) is 0 Å². The van der Waals surface area contributed by atoms with E-state index < -0.39 is 0 Å². The summed E-state index contributed by atoms with van der Waals surface area (Å²) in [6, 6.07) is 9.52. The zero-order chi connectivity index (χ0) is 15.4. The minimum absolute atomic E-state index is 0.0698. The minimum atomic E-state index is -0.120. The Morgan fingerprint density at radius 3 is 2.71 bits per heavy atom. The van der Waals surface area contributed by atoms with Gasteiger partial charge in [-0.25, -0.2) is 0 Å². The largest absolute Gasteiger partial charge is 0.496 e. The molecule has 5 nitrogen and oxygen atoms in total. The number of methoxy groups -OCH3 is 1. The summed E-state index contributed by atoms with van der Waals surface area (Å²) in [7, 11) is 1.63. The molecule has 1 heterocycles. The van der Waals surface area contributed by atoms with Crippen molar-refractivity contribution in [2.45, 2.75) is 33.4 Å². The van der Waals surface area contributed by atoms with Crippen molar-refractivity contribution in [2.75, 3.05) is 7.11 Å². The van der Waals surface area contributed by atoms with Crippen molar-refractivity contribution in [1.82, 2.24) is 15.1 Å². The van der Waals surface area contributed by atoms with Crippen LogP contribution in [0, 0.1) is 13.8 Å². The molecule has 0 unspecified atom stereocenters. The van der Waals surface area contributed by atoms with Gasteiger partial charge in [0.2, 0.25) is 5.91 Å². The average Bonchev–Trinajstić information content (AvgIpc) is 2.76. The lowest BCUT2D eigenvalue weighted by atomic mass is 10.1. The fraction of sp³-hybridized carbons (Fsp3) is 0.375. The number of amides is 1. The number of benzene rings is 1. The van der Waals surface area contributed by atoms with Gasteiger partial charge in [0.1, 0.15) is 12.3 Å². The number of nitrogens with zero attached hydrogens (tertiary/aromatic N) is 2. The standard InChI is InChI=1S/C16H21N3O2/c1-11-9-12(2)19(18-11)10-16(20)17-13(3)14-7-5-6-8-15(14)21-4/h5-9,13H,10H2,1-4H3,(H,17,20)/t13-/m1/s1. The summed E-state index contributed by atoms with van der Waals surface area (Å²) in [4.78, 5) is 12.1. The van der Waals surface area contributed by atoms with Gasteiger partial charge in [0.15, 0.2) is 0 Å². The number of rotatable bonds is 5. The smallest absolute Gasteiger partial charge is 0.242 e. The normalized spacial score (nSPS) is 12.0. The fourth-order valence-electron chi connectivity index (χ4n) is 2.36. The zero-order valence-electron chi connectivity index (χ0n) is 12.9. The van der Waals surface area contributed by atoms with E-state index in [1.165, 1.54) is 0 Å². The van der Waals surface area contributed by atoms with Crippen molar-refractivity contribution in [3.8, 4) is 5.75 Å². The molecule has 112 valence electrons. The molecule has 0 bridgehead atoms. The van der Waals surface area contributed by atoms with Crippen LogP contribution in [0.2, 0.25) is 0 Å². The number of carbonyl (C=O) groups excluding carboxylic acids is 1. The van der Waals surface area contributed by atoms with Crippen molar-refractivity contribution in [1.29, 1.82) is 0 Å². The molecule has 0 aliphatic rings. The molecule has 0 radical (unpaired) electrons. The molecule has 0 fully saturated rings. The molecule has 5 heteroatoms. The first-order chi connectivity index (χ1) is 10.0. The Labute approximate surface area is 124 Å². The topological polar surface area (TPSA) is 56.1 Å². The first-order valence-corrected chi connectivity index (χ1v) is 6.94. The highest BCUT2D eigenvalue weighted by molar-refractivity contribution is 5.76. The van der Waals surface area contributed by atoms with Crippen LogP contribution in [-0.4, -0.2) is 22.8 Å². The average molecular weight is 287 g/mol. The van der Waals surface area contributed by atoms with Crippen LogP contribution < -0.4 is 10.1 Å². The van der Waals surface area contributed by atoms with Gasteiger partial charge in [0.05, 0.1) is 18.8 Å². The van der Waals surface area contributed by atoms with Gasteiger partial charge in [-0.1, -0.05) is 18.2 Å². The highest BCUT2D eigenvalue weighted by Gasteiger charge is 2.14. The highest BCUT2D eigenvalue weighted by Crippen LogP contribution is 2.24. The van der Waals surface area contributed by atoms with Crippen LogP contribution in [0.3, 0.4) is 0 Å². The molecule has 2 aromatic rings. The van der Waals surface area contributed by atoms with E-state index in [1.807, 2.05) is 51.1 Å². The number of para-hydroxylation sites is 1. The van der Waals surface area contributed by atoms with Crippen LogP contribution >= 0.6 is 0 Å². The third kappa shape index (κ3) is 3.62. The Bertz CT molecular complexity index is 634. The summed E-state index contributed by atoms with van der Waals surface area (Å²) in [6.45, 7) is 6.02. The molecule has 0 spiro atoms.